The molecule has 1 saturated heterocycles. The van der Waals surface area contributed by atoms with Crippen molar-refractivity contribution in [2.45, 2.75) is 19.3 Å². The van der Waals surface area contributed by atoms with Crippen LogP contribution in [-0.2, 0) is 16.0 Å². The van der Waals surface area contributed by atoms with Crippen LogP contribution in [0.4, 0.5) is 0 Å². The molecule has 1 heterocycles. The molecule has 98 valence electrons. The molecule has 0 amide bonds. The molecule has 1 N–H and O–H groups in total. The molecule has 1 aromatic carbocycles. The molecule has 0 aromatic heterocycles. The van der Waals surface area contributed by atoms with Crippen molar-refractivity contribution in [3.05, 3.63) is 34.3 Å². The van der Waals surface area contributed by atoms with Gasteiger partial charge in [-0.2, -0.15) is 0 Å². The fourth-order valence-corrected chi connectivity index (χ4v) is 2.82. The second kappa shape index (κ2) is 6.34. The fraction of sp³-hybridized carbons (Fsp3) is 0.500. The zero-order chi connectivity index (χ0) is 13.0. The van der Waals surface area contributed by atoms with Gasteiger partial charge >= 0.3 is 5.97 Å². The van der Waals surface area contributed by atoms with Gasteiger partial charge in [0, 0.05) is 17.7 Å². The molecule has 0 saturated carbocycles. The third kappa shape index (κ3) is 3.56. The molecule has 1 aromatic rings. The van der Waals surface area contributed by atoms with Crippen molar-refractivity contribution in [1.82, 2.24) is 0 Å². The van der Waals surface area contributed by atoms with Crippen molar-refractivity contribution in [1.29, 1.82) is 0 Å². The Morgan fingerprint density at radius 1 is 1.50 bits per heavy atom. The normalized spacial score (nSPS) is 20.8. The van der Waals surface area contributed by atoms with Gasteiger partial charge in [-0.25, -0.2) is 0 Å². The first-order valence-corrected chi connectivity index (χ1v) is 7.00. The van der Waals surface area contributed by atoms with Crippen LogP contribution < -0.4 is 0 Å². The summed E-state index contributed by atoms with van der Waals surface area (Å²) in [5.41, 5.74) is 1.06. The Kier molecular flexibility index (Phi) is 4.78. The molecule has 2 rings (SSSR count). The second-order valence-corrected chi connectivity index (χ2v) is 5.65. The standard InChI is InChI=1S/C14H17BrO3/c15-13-4-2-1-3-11(13)8-12(14(16)17)7-10-5-6-18-9-10/h1-4,10,12H,5-9H2,(H,16,17). The van der Waals surface area contributed by atoms with Gasteiger partial charge in [0.15, 0.2) is 0 Å². The van der Waals surface area contributed by atoms with Crippen molar-refractivity contribution in [3.63, 3.8) is 0 Å². The molecule has 0 radical (unpaired) electrons. The number of hydrogen-bond acceptors (Lipinski definition) is 2. The molecule has 2 atom stereocenters. The van der Waals surface area contributed by atoms with E-state index in [1.54, 1.807) is 0 Å². The quantitative estimate of drug-likeness (QED) is 0.908. The van der Waals surface area contributed by atoms with Crippen LogP contribution in [0, 0.1) is 11.8 Å². The molecule has 2 unspecified atom stereocenters. The number of rotatable bonds is 5. The summed E-state index contributed by atoms with van der Waals surface area (Å²) in [6.45, 7) is 1.48. The average molecular weight is 313 g/mol. The molecule has 4 heteroatoms. The van der Waals surface area contributed by atoms with Gasteiger partial charge in [-0.3, -0.25) is 4.79 Å². The van der Waals surface area contributed by atoms with Crippen molar-refractivity contribution in [2.24, 2.45) is 11.8 Å². The topological polar surface area (TPSA) is 46.5 Å². The Morgan fingerprint density at radius 3 is 2.89 bits per heavy atom. The Labute approximate surface area is 115 Å². The lowest BCUT2D eigenvalue weighted by Gasteiger charge is -2.16. The molecule has 1 fully saturated rings. The largest absolute Gasteiger partial charge is 0.481 e. The first-order valence-electron chi connectivity index (χ1n) is 6.20. The predicted octanol–water partition coefficient (Wildman–Crippen LogP) is 3.12. The average Bonchev–Trinajstić information content (AvgIpc) is 2.83. The van der Waals surface area contributed by atoms with Crippen LogP contribution in [0.3, 0.4) is 0 Å². The predicted molar refractivity (Wildman–Crippen MR) is 72.5 cm³/mol. The summed E-state index contributed by atoms with van der Waals surface area (Å²) in [5, 5.41) is 9.33. The minimum absolute atomic E-state index is 0.324. The van der Waals surface area contributed by atoms with Gasteiger partial charge < -0.3 is 9.84 Å². The molecular weight excluding hydrogens is 296 g/mol. The molecule has 0 aliphatic carbocycles. The third-order valence-corrected chi connectivity index (χ3v) is 4.19. The number of carbonyl (C=O) groups is 1. The van der Waals surface area contributed by atoms with Crippen molar-refractivity contribution in [2.75, 3.05) is 13.2 Å². The van der Waals surface area contributed by atoms with Crippen molar-refractivity contribution >= 4 is 21.9 Å². The summed E-state index contributed by atoms with van der Waals surface area (Å²) < 4.78 is 6.29. The summed E-state index contributed by atoms with van der Waals surface area (Å²) >= 11 is 3.47. The number of hydrogen-bond donors (Lipinski definition) is 1. The van der Waals surface area contributed by atoms with Crippen LogP contribution >= 0.6 is 15.9 Å². The Bertz CT molecular complexity index is 413. The summed E-state index contributed by atoms with van der Waals surface area (Å²) in [6.07, 6.45) is 2.27. The minimum atomic E-state index is -0.711. The van der Waals surface area contributed by atoms with E-state index in [1.807, 2.05) is 24.3 Å². The first-order chi connectivity index (χ1) is 8.66. The molecule has 1 aliphatic heterocycles. The fourth-order valence-electron chi connectivity index (χ4n) is 2.37. The van der Waals surface area contributed by atoms with Crippen LogP contribution in [-0.4, -0.2) is 24.3 Å². The number of ether oxygens (including phenoxy) is 1. The monoisotopic (exact) mass is 312 g/mol. The summed E-state index contributed by atoms with van der Waals surface area (Å²) in [4.78, 5) is 11.3. The van der Waals surface area contributed by atoms with Gasteiger partial charge in [-0.15, -0.1) is 0 Å². The van der Waals surface area contributed by atoms with E-state index in [0.717, 1.165) is 23.1 Å². The zero-order valence-corrected chi connectivity index (χ0v) is 11.7. The highest BCUT2D eigenvalue weighted by molar-refractivity contribution is 9.10. The highest BCUT2D eigenvalue weighted by atomic mass is 79.9. The van der Waals surface area contributed by atoms with Gasteiger partial charge in [-0.05, 0) is 36.8 Å². The highest BCUT2D eigenvalue weighted by Gasteiger charge is 2.25. The molecule has 0 spiro atoms. The van der Waals surface area contributed by atoms with E-state index in [2.05, 4.69) is 15.9 Å². The van der Waals surface area contributed by atoms with Crippen LogP contribution in [0.25, 0.3) is 0 Å². The number of carboxylic acids is 1. The lowest BCUT2D eigenvalue weighted by molar-refractivity contribution is -0.142. The summed E-state index contributed by atoms with van der Waals surface area (Å²) in [6, 6.07) is 7.81. The van der Waals surface area contributed by atoms with E-state index in [-0.39, 0.29) is 5.92 Å². The van der Waals surface area contributed by atoms with E-state index in [1.165, 1.54) is 0 Å². The minimum Gasteiger partial charge on any atom is -0.481 e. The zero-order valence-electron chi connectivity index (χ0n) is 10.1. The van der Waals surface area contributed by atoms with E-state index < -0.39 is 5.97 Å². The maximum atomic E-state index is 11.3. The van der Waals surface area contributed by atoms with Crippen molar-refractivity contribution < 1.29 is 14.6 Å². The van der Waals surface area contributed by atoms with Crippen LogP contribution in [0.5, 0.6) is 0 Å². The summed E-state index contributed by atoms with van der Waals surface area (Å²) in [5.74, 6) is -0.637. The lowest BCUT2D eigenvalue weighted by Crippen LogP contribution is -2.20. The smallest absolute Gasteiger partial charge is 0.306 e. The number of benzene rings is 1. The van der Waals surface area contributed by atoms with Crippen LogP contribution in [0.2, 0.25) is 0 Å². The number of carboxylic acid groups (broad SMARTS) is 1. The van der Waals surface area contributed by atoms with E-state index in [9.17, 15) is 9.90 Å². The lowest BCUT2D eigenvalue weighted by atomic mass is 9.89. The number of aliphatic carboxylic acids is 1. The molecule has 1 aliphatic rings. The molecular formula is C14H17BrO3. The highest BCUT2D eigenvalue weighted by Crippen LogP contribution is 2.26. The second-order valence-electron chi connectivity index (χ2n) is 4.80. The van der Waals surface area contributed by atoms with E-state index in [4.69, 9.17) is 4.74 Å². The SMILES string of the molecule is O=C(O)C(Cc1ccccc1Br)CC1CCOC1. The Hall–Kier alpha value is -0.870. The van der Waals surface area contributed by atoms with Gasteiger partial charge in [0.05, 0.1) is 5.92 Å². The van der Waals surface area contributed by atoms with Gasteiger partial charge in [0.2, 0.25) is 0 Å². The Morgan fingerprint density at radius 2 is 2.28 bits per heavy atom. The van der Waals surface area contributed by atoms with Gasteiger partial charge in [0.25, 0.3) is 0 Å². The van der Waals surface area contributed by atoms with E-state index in [0.29, 0.717) is 25.4 Å². The summed E-state index contributed by atoms with van der Waals surface area (Å²) in [7, 11) is 0. The Balaban J connectivity index is 2.02. The molecule has 3 nitrogen and oxygen atoms in total. The van der Waals surface area contributed by atoms with Crippen molar-refractivity contribution in [3.8, 4) is 0 Å². The van der Waals surface area contributed by atoms with Gasteiger partial charge in [-0.1, -0.05) is 34.1 Å². The van der Waals surface area contributed by atoms with E-state index >= 15 is 0 Å². The van der Waals surface area contributed by atoms with Crippen LogP contribution in [0.15, 0.2) is 28.7 Å². The first kappa shape index (κ1) is 13.6. The molecule has 18 heavy (non-hydrogen) atoms. The third-order valence-electron chi connectivity index (χ3n) is 3.42. The van der Waals surface area contributed by atoms with Crippen LogP contribution in [0.1, 0.15) is 18.4 Å². The maximum absolute atomic E-state index is 11.3. The molecule has 0 bridgehead atoms. The number of halogens is 1. The van der Waals surface area contributed by atoms with Gasteiger partial charge in [0.1, 0.15) is 0 Å². The maximum Gasteiger partial charge on any atom is 0.306 e.